The van der Waals surface area contributed by atoms with Gasteiger partial charge in [-0.1, -0.05) is 28.9 Å². The van der Waals surface area contributed by atoms with Crippen molar-refractivity contribution in [3.05, 3.63) is 28.7 Å². The van der Waals surface area contributed by atoms with E-state index in [1.165, 1.54) is 11.3 Å². The van der Waals surface area contributed by atoms with Crippen LogP contribution in [0.3, 0.4) is 0 Å². The maximum absolute atomic E-state index is 3.46. The number of nitrogens with zero attached hydrogens (tertiary/aromatic N) is 1. The summed E-state index contributed by atoms with van der Waals surface area (Å²) < 4.78 is 3.39. The van der Waals surface area contributed by atoms with Crippen LogP contribution in [-0.4, -0.2) is 17.9 Å². The molecule has 1 rings (SSSR count). The Balaban J connectivity index is 2.53. The molecule has 1 nitrogen and oxygen atoms in total. The standard InChI is InChI=1S/C10H14BrNS/c1-3-7-12(2)13-10-6-4-5-9(11)8-10/h4-6,8H,3,7H2,1-2H3. The van der Waals surface area contributed by atoms with Gasteiger partial charge in [0, 0.05) is 15.9 Å². The van der Waals surface area contributed by atoms with E-state index in [1.807, 2.05) is 6.07 Å². The first kappa shape index (κ1) is 11.1. The van der Waals surface area contributed by atoms with E-state index < -0.39 is 0 Å². The first-order chi connectivity index (χ1) is 6.22. The Kier molecular flexibility index (Phi) is 4.84. The summed E-state index contributed by atoms with van der Waals surface area (Å²) in [6, 6.07) is 8.37. The van der Waals surface area contributed by atoms with E-state index >= 15 is 0 Å². The molecule has 0 amide bonds. The molecule has 3 heteroatoms. The minimum atomic E-state index is 1.12. The number of benzene rings is 1. The molecule has 0 N–H and O–H groups in total. The Labute approximate surface area is 92.8 Å². The van der Waals surface area contributed by atoms with Crippen LogP contribution in [0.5, 0.6) is 0 Å². The van der Waals surface area contributed by atoms with Crippen LogP contribution in [0.25, 0.3) is 0 Å². The molecular weight excluding hydrogens is 246 g/mol. The average Bonchev–Trinajstić information content (AvgIpc) is 2.04. The largest absolute Gasteiger partial charge is 0.249 e. The number of hydrogen-bond acceptors (Lipinski definition) is 2. The lowest BCUT2D eigenvalue weighted by Gasteiger charge is -2.13. The molecule has 0 fully saturated rings. The smallest absolute Gasteiger partial charge is 0.0241 e. The Morgan fingerprint density at radius 3 is 2.85 bits per heavy atom. The monoisotopic (exact) mass is 259 g/mol. The van der Waals surface area contributed by atoms with Gasteiger partial charge in [0.2, 0.25) is 0 Å². The number of rotatable bonds is 4. The summed E-state index contributed by atoms with van der Waals surface area (Å²) in [6.07, 6.45) is 1.19. The van der Waals surface area contributed by atoms with Crippen molar-refractivity contribution in [2.24, 2.45) is 0 Å². The van der Waals surface area contributed by atoms with Crippen LogP contribution in [0.2, 0.25) is 0 Å². The van der Waals surface area contributed by atoms with Crippen LogP contribution in [0.1, 0.15) is 13.3 Å². The summed E-state index contributed by atoms with van der Waals surface area (Å²) in [7, 11) is 2.12. The van der Waals surface area contributed by atoms with Gasteiger partial charge in [0.25, 0.3) is 0 Å². The summed E-state index contributed by atoms with van der Waals surface area (Å²) in [4.78, 5) is 1.28. The zero-order chi connectivity index (χ0) is 9.68. The van der Waals surface area contributed by atoms with E-state index in [0.29, 0.717) is 0 Å². The van der Waals surface area contributed by atoms with Gasteiger partial charge in [0.15, 0.2) is 0 Å². The van der Waals surface area contributed by atoms with E-state index in [0.717, 1.165) is 11.0 Å². The molecule has 0 aliphatic carbocycles. The van der Waals surface area contributed by atoms with Crippen LogP contribution >= 0.6 is 27.9 Å². The van der Waals surface area contributed by atoms with Crippen molar-refractivity contribution in [1.29, 1.82) is 0 Å². The van der Waals surface area contributed by atoms with Crippen molar-refractivity contribution in [1.82, 2.24) is 4.31 Å². The highest BCUT2D eigenvalue weighted by molar-refractivity contribution is 9.10. The second kappa shape index (κ2) is 5.68. The highest BCUT2D eigenvalue weighted by atomic mass is 79.9. The molecule has 0 atom stereocenters. The number of hydrogen-bond donors (Lipinski definition) is 0. The van der Waals surface area contributed by atoms with Gasteiger partial charge < -0.3 is 0 Å². The molecule has 0 saturated heterocycles. The van der Waals surface area contributed by atoms with Gasteiger partial charge in [-0.3, -0.25) is 0 Å². The molecule has 13 heavy (non-hydrogen) atoms. The second-order valence-corrected chi connectivity index (χ2v) is 5.09. The summed E-state index contributed by atoms with van der Waals surface area (Å²) >= 11 is 5.24. The zero-order valence-electron chi connectivity index (χ0n) is 7.96. The molecule has 0 aliphatic heterocycles. The van der Waals surface area contributed by atoms with Crippen molar-refractivity contribution in [2.45, 2.75) is 18.2 Å². The van der Waals surface area contributed by atoms with Crippen LogP contribution < -0.4 is 0 Å². The van der Waals surface area contributed by atoms with E-state index in [9.17, 15) is 0 Å². The molecule has 72 valence electrons. The van der Waals surface area contributed by atoms with Gasteiger partial charge in [-0.2, -0.15) is 0 Å². The van der Waals surface area contributed by atoms with Crippen LogP contribution in [0, 0.1) is 0 Å². The van der Waals surface area contributed by atoms with Crippen molar-refractivity contribution < 1.29 is 0 Å². The third-order valence-electron chi connectivity index (χ3n) is 1.60. The maximum atomic E-state index is 3.46. The third-order valence-corrected chi connectivity index (χ3v) is 3.05. The fourth-order valence-corrected chi connectivity index (χ4v) is 2.57. The molecular formula is C10H14BrNS. The summed E-state index contributed by atoms with van der Waals surface area (Å²) in [6.45, 7) is 3.31. The quantitative estimate of drug-likeness (QED) is 0.757. The average molecular weight is 260 g/mol. The molecule has 0 unspecified atom stereocenters. The zero-order valence-corrected chi connectivity index (χ0v) is 10.4. The molecule has 0 bridgehead atoms. The molecule has 0 saturated carbocycles. The lowest BCUT2D eigenvalue weighted by Crippen LogP contribution is -2.09. The van der Waals surface area contributed by atoms with E-state index in [1.54, 1.807) is 11.9 Å². The first-order valence-corrected chi connectivity index (χ1v) is 5.93. The van der Waals surface area contributed by atoms with Crippen LogP contribution in [-0.2, 0) is 0 Å². The Bertz CT molecular complexity index is 265. The van der Waals surface area contributed by atoms with E-state index in [4.69, 9.17) is 0 Å². The third kappa shape index (κ3) is 4.16. The molecule has 0 spiro atoms. The van der Waals surface area contributed by atoms with Crippen molar-refractivity contribution in [3.8, 4) is 0 Å². The Morgan fingerprint density at radius 2 is 2.23 bits per heavy atom. The van der Waals surface area contributed by atoms with Crippen LogP contribution in [0.15, 0.2) is 33.6 Å². The first-order valence-electron chi connectivity index (χ1n) is 4.37. The van der Waals surface area contributed by atoms with Crippen molar-refractivity contribution in [3.63, 3.8) is 0 Å². The molecule has 0 heterocycles. The second-order valence-electron chi connectivity index (χ2n) is 2.90. The van der Waals surface area contributed by atoms with Gasteiger partial charge in [-0.05, 0) is 43.6 Å². The SMILES string of the molecule is CCCN(C)Sc1cccc(Br)c1. The molecule has 0 aliphatic rings. The minimum Gasteiger partial charge on any atom is -0.249 e. The van der Waals surface area contributed by atoms with E-state index in [2.05, 4.69) is 52.4 Å². The fourth-order valence-electron chi connectivity index (χ4n) is 1.06. The summed E-state index contributed by atoms with van der Waals surface area (Å²) in [5.41, 5.74) is 0. The minimum absolute atomic E-state index is 1.12. The van der Waals surface area contributed by atoms with Crippen molar-refractivity contribution >= 4 is 27.9 Å². The normalized spacial score (nSPS) is 10.8. The highest BCUT2D eigenvalue weighted by Gasteiger charge is 1.99. The lowest BCUT2D eigenvalue weighted by atomic mass is 10.4. The molecule has 0 aromatic heterocycles. The fraction of sp³-hybridized carbons (Fsp3) is 0.400. The van der Waals surface area contributed by atoms with Gasteiger partial charge in [-0.15, -0.1) is 0 Å². The summed E-state index contributed by atoms with van der Waals surface area (Å²) in [5.74, 6) is 0. The molecule has 1 aromatic carbocycles. The van der Waals surface area contributed by atoms with Crippen molar-refractivity contribution in [2.75, 3.05) is 13.6 Å². The Hall–Kier alpha value is 0.01000. The van der Waals surface area contributed by atoms with Crippen LogP contribution in [0.4, 0.5) is 0 Å². The maximum Gasteiger partial charge on any atom is 0.0241 e. The van der Waals surface area contributed by atoms with Gasteiger partial charge in [0.05, 0.1) is 0 Å². The highest BCUT2D eigenvalue weighted by Crippen LogP contribution is 2.23. The molecule has 1 aromatic rings. The summed E-state index contributed by atoms with van der Waals surface area (Å²) in [5, 5.41) is 0. The van der Waals surface area contributed by atoms with Gasteiger partial charge in [-0.25, -0.2) is 4.31 Å². The lowest BCUT2D eigenvalue weighted by molar-refractivity contribution is 0.559. The number of halogens is 1. The Morgan fingerprint density at radius 1 is 1.46 bits per heavy atom. The molecule has 0 radical (unpaired) electrons. The predicted molar refractivity (Wildman–Crippen MR) is 62.9 cm³/mol. The van der Waals surface area contributed by atoms with Gasteiger partial charge in [0.1, 0.15) is 0 Å². The predicted octanol–water partition coefficient (Wildman–Crippen LogP) is 3.80. The van der Waals surface area contributed by atoms with E-state index in [-0.39, 0.29) is 0 Å². The van der Waals surface area contributed by atoms with Gasteiger partial charge >= 0.3 is 0 Å². The topological polar surface area (TPSA) is 3.24 Å².